The van der Waals surface area contributed by atoms with Crippen LogP contribution in [0.4, 0.5) is 0 Å². The third-order valence-electron chi connectivity index (χ3n) is 0.977. The summed E-state index contributed by atoms with van der Waals surface area (Å²) in [7, 11) is 0. The molecule has 60 valence electrons. The zero-order valence-electron chi connectivity index (χ0n) is 5.55. The maximum Gasteiger partial charge on any atom is 0.281 e. The Morgan fingerprint density at radius 3 is 2.55 bits per heavy atom. The molecule has 0 bridgehead atoms. The molecule has 0 unspecified atom stereocenters. The lowest BCUT2D eigenvalue weighted by Gasteiger charge is -2.11. The van der Waals surface area contributed by atoms with E-state index in [0.29, 0.717) is 0 Å². The molecule has 3 N–H and O–H groups in total. The summed E-state index contributed by atoms with van der Waals surface area (Å²) in [6, 6.07) is 1.42. The molecule has 0 saturated carbocycles. The van der Waals surface area contributed by atoms with Crippen molar-refractivity contribution in [3.05, 3.63) is 18.0 Å². The van der Waals surface area contributed by atoms with Crippen molar-refractivity contribution in [3.8, 4) is 0 Å². The van der Waals surface area contributed by atoms with Crippen molar-refractivity contribution in [2.45, 2.75) is 12.4 Å². The van der Waals surface area contributed by atoms with Crippen LogP contribution < -0.4 is 0 Å². The third kappa shape index (κ3) is 2.99. The predicted molar refractivity (Wildman–Crippen MR) is 32.9 cm³/mol. The summed E-state index contributed by atoms with van der Waals surface area (Å²) >= 11 is 0. The lowest BCUT2D eigenvalue weighted by molar-refractivity contribution is -0.310. The molecule has 0 radical (unpaired) electrons. The summed E-state index contributed by atoms with van der Waals surface area (Å²) < 4.78 is 0. The smallest absolute Gasteiger partial charge is 0.281 e. The van der Waals surface area contributed by atoms with Gasteiger partial charge in [-0.25, -0.2) is 0 Å². The average molecular weight is 157 g/mol. The van der Waals surface area contributed by atoms with Gasteiger partial charge >= 0.3 is 0 Å². The van der Waals surface area contributed by atoms with Gasteiger partial charge in [0.1, 0.15) is 0 Å². The van der Waals surface area contributed by atoms with Gasteiger partial charge in [0, 0.05) is 0 Å². The molecule has 0 atom stereocenters. The Hall–Kier alpha value is -1.11. The molecule has 0 amide bonds. The van der Waals surface area contributed by atoms with Gasteiger partial charge in [-0.05, 0) is 11.3 Å². The van der Waals surface area contributed by atoms with E-state index in [2.05, 4.69) is 15.4 Å². The van der Waals surface area contributed by atoms with Crippen molar-refractivity contribution in [2.24, 2.45) is 0 Å². The first-order valence-electron chi connectivity index (χ1n) is 2.88. The van der Waals surface area contributed by atoms with Gasteiger partial charge in [0.2, 0.25) is 0 Å². The molecule has 0 saturated heterocycles. The van der Waals surface area contributed by atoms with Crippen molar-refractivity contribution < 1.29 is 15.3 Å². The van der Waals surface area contributed by atoms with Gasteiger partial charge in [0.15, 0.2) is 0 Å². The molecule has 0 fully saturated rings. The Bertz CT molecular complexity index is 220. The molecular weight excluding hydrogens is 150 g/mol. The summed E-state index contributed by atoms with van der Waals surface area (Å²) in [6.07, 6.45) is 0.955. The summed E-state index contributed by atoms with van der Waals surface area (Å²) in [5.41, 5.74) is 0.257. The first kappa shape index (κ1) is 7.99. The highest BCUT2D eigenvalue weighted by atomic mass is 16.7. The Balaban J connectivity index is 2.66. The second-order valence-corrected chi connectivity index (χ2v) is 2.06. The first-order chi connectivity index (χ1) is 5.08. The molecule has 0 aliphatic carbocycles. The minimum Gasteiger partial charge on any atom is -0.343 e. The molecular formula is C5H7N3O3. The van der Waals surface area contributed by atoms with E-state index in [0.717, 1.165) is 0 Å². The average Bonchev–Trinajstić information content (AvgIpc) is 1.85. The van der Waals surface area contributed by atoms with E-state index >= 15 is 0 Å². The van der Waals surface area contributed by atoms with Gasteiger partial charge in [0.25, 0.3) is 5.97 Å². The van der Waals surface area contributed by atoms with E-state index in [-0.39, 0.29) is 12.1 Å². The fourth-order valence-corrected chi connectivity index (χ4v) is 0.603. The number of aliphatic hydroxyl groups is 3. The van der Waals surface area contributed by atoms with E-state index < -0.39 is 5.97 Å². The van der Waals surface area contributed by atoms with Gasteiger partial charge < -0.3 is 15.3 Å². The Labute approximate surface area is 62.1 Å². The summed E-state index contributed by atoms with van der Waals surface area (Å²) in [4.78, 5) is 0. The fourth-order valence-electron chi connectivity index (χ4n) is 0.603. The number of rotatable bonds is 2. The maximum atomic E-state index is 8.49. The standard InChI is InChI=1S/C5H7N3O3/c9-5(10,11)3-4-1-2-6-8-7-4/h1-2,9-11H,3H2. The van der Waals surface area contributed by atoms with E-state index in [1.165, 1.54) is 12.3 Å². The second-order valence-electron chi connectivity index (χ2n) is 2.06. The number of hydrogen-bond donors (Lipinski definition) is 3. The van der Waals surface area contributed by atoms with Crippen LogP contribution >= 0.6 is 0 Å². The van der Waals surface area contributed by atoms with Crippen LogP contribution in [-0.2, 0) is 6.42 Å². The number of nitrogens with zero attached hydrogens (tertiary/aromatic N) is 3. The van der Waals surface area contributed by atoms with E-state index in [4.69, 9.17) is 15.3 Å². The highest BCUT2D eigenvalue weighted by molar-refractivity contribution is 4.96. The van der Waals surface area contributed by atoms with Crippen LogP contribution in [0.15, 0.2) is 12.3 Å². The van der Waals surface area contributed by atoms with Crippen LogP contribution in [0.25, 0.3) is 0 Å². The Morgan fingerprint density at radius 1 is 1.36 bits per heavy atom. The Kier molecular flexibility index (Phi) is 2.08. The van der Waals surface area contributed by atoms with Crippen molar-refractivity contribution in [1.29, 1.82) is 0 Å². The minimum atomic E-state index is -2.73. The van der Waals surface area contributed by atoms with E-state index in [1.807, 2.05) is 0 Å². The number of hydrogen-bond acceptors (Lipinski definition) is 6. The highest BCUT2D eigenvalue weighted by Crippen LogP contribution is 2.02. The zero-order valence-corrected chi connectivity index (χ0v) is 5.55. The van der Waals surface area contributed by atoms with Crippen LogP contribution in [0.5, 0.6) is 0 Å². The predicted octanol–water partition coefficient (Wildman–Crippen LogP) is -1.96. The SMILES string of the molecule is OC(O)(O)Cc1ccnnn1. The van der Waals surface area contributed by atoms with Crippen LogP contribution in [0.2, 0.25) is 0 Å². The highest BCUT2D eigenvalue weighted by Gasteiger charge is 2.19. The molecule has 1 aromatic heterocycles. The lowest BCUT2D eigenvalue weighted by Crippen LogP contribution is -2.30. The molecule has 0 aromatic carbocycles. The third-order valence-corrected chi connectivity index (χ3v) is 0.977. The Morgan fingerprint density at radius 2 is 2.09 bits per heavy atom. The molecule has 1 aromatic rings. The van der Waals surface area contributed by atoms with Crippen LogP contribution in [0.1, 0.15) is 5.69 Å². The fraction of sp³-hybridized carbons (Fsp3) is 0.400. The van der Waals surface area contributed by atoms with Crippen molar-refractivity contribution in [2.75, 3.05) is 0 Å². The molecule has 1 heterocycles. The quantitative estimate of drug-likeness (QED) is 0.431. The zero-order chi connectivity index (χ0) is 8.32. The molecule has 11 heavy (non-hydrogen) atoms. The summed E-state index contributed by atoms with van der Waals surface area (Å²) in [5, 5.41) is 35.5. The first-order valence-corrected chi connectivity index (χ1v) is 2.88. The lowest BCUT2D eigenvalue weighted by atomic mass is 10.3. The van der Waals surface area contributed by atoms with Gasteiger partial charge in [-0.2, -0.15) is 0 Å². The van der Waals surface area contributed by atoms with E-state index in [9.17, 15) is 0 Å². The maximum absolute atomic E-state index is 8.49. The molecule has 0 aliphatic rings. The normalized spacial score (nSPS) is 11.5. The van der Waals surface area contributed by atoms with Crippen LogP contribution in [0, 0.1) is 0 Å². The van der Waals surface area contributed by atoms with Crippen LogP contribution in [0.3, 0.4) is 0 Å². The molecule has 1 rings (SSSR count). The topological polar surface area (TPSA) is 99.4 Å². The summed E-state index contributed by atoms with van der Waals surface area (Å²) in [5.74, 6) is -2.73. The van der Waals surface area contributed by atoms with Gasteiger partial charge in [-0.1, -0.05) is 0 Å². The van der Waals surface area contributed by atoms with Crippen molar-refractivity contribution >= 4 is 0 Å². The monoisotopic (exact) mass is 157 g/mol. The molecule has 0 spiro atoms. The van der Waals surface area contributed by atoms with Crippen molar-refractivity contribution in [3.63, 3.8) is 0 Å². The molecule has 6 heteroatoms. The minimum absolute atomic E-state index is 0.257. The molecule has 6 nitrogen and oxygen atoms in total. The molecule has 0 aliphatic heterocycles. The van der Waals surface area contributed by atoms with Gasteiger partial charge in [-0.15, -0.1) is 10.2 Å². The van der Waals surface area contributed by atoms with Crippen LogP contribution in [-0.4, -0.2) is 36.7 Å². The summed E-state index contributed by atoms with van der Waals surface area (Å²) in [6.45, 7) is 0. The van der Waals surface area contributed by atoms with E-state index in [1.54, 1.807) is 0 Å². The van der Waals surface area contributed by atoms with Crippen molar-refractivity contribution in [1.82, 2.24) is 15.4 Å². The van der Waals surface area contributed by atoms with Gasteiger partial charge in [-0.3, -0.25) is 0 Å². The largest absolute Gasteiger partial charge is 0.343 e. The van der Waals surface area contributed by atoms with Gasteiger partial charge in [0.05, 0.1) is 18.3 Å². The second kappa shape index (κ2) is 2.87. The number of aromatic nitrogens is 3.